The summed E-state index contributed by atoms with van der Waals surface area (Å²) in [5, 5.41) is 13.8. The molecule has 2 N–H and O–H groups in total. The lowest BCUT2D eigenvalue weighted by Crippen LogP contribution is -2.39. The number of carboxylic acids is 1. The molecule has 0 spiro atoms. The number of allylic oxidation sites excluding steroid dienone is 1. The van der Waals surface area contributed by atoms with Crippen molar-refractivity contribution >= 4 is 45.8 Å². The van der Waals surface area contributed by atoms with Crippen molar-refractivity contribution in [3.8, 4) is 0 Å². The highest BCUT2D eigenvalue weighted by Gasteiger charge is 2.35. The van der Waals surface area contributed by atoms with Crippen molar-refractivity contribution in [2.45, 2.75) is 50.7 Å². The summed E-state index contributed by atoms with van der Waals surface area (Å²) in [7, 11) is 0. The van der Waals surface area contributed by atoms with E-state index in [1.54, 1.807) is 30.7 Å². The van der Waals surface area contributed by atoms with Gasteiger partial charge in [-0.2, -0.15) is 0 Å². The van der Waals surface area contributed by atoms with E-state index in [2.05, 4.69) is 10.3 Å². The van der Waals surface area contributed by atoms with Gasteiger partial charge in [-0.3, -0.25) is 19.4 Å². The normalized spacial score (nSPS) is 22.4. The summed E-state index contributed by atoms with van der Waals surface area (Å²) in [4.78, 5) is 43.0. The van der Waals surface area contributed by atoms with Crippen LogP contribution in [0, 0.1) is 11.8 Å². The molecule has 0 unspecified atom stereocenters. The molecule has 1 aliphatic heterocycles. The van der Waals surface area contributed by atoms with Gasteiger partial charge in [0.1, 0.15) is 18.5 Å². The van der Waals surface area contributed by atoms with E-state index in [1.165, 1.54) is 4.90 Å². The van der Waals surface area contributed by atoms with Gasteiger partial charge < -0.3 is 20.1 Å². The van der Waals surface area contributed by atoms with Crippen LogP contribution < -0.4 is 5.32 Å². The highest BCUT2D eigenvalue weighted by molar-refractivity contribution is 6.34. The SMILES string of the molecule is O=C(Nc1ccc(CC(=O)N2C[C@@H](F)C[C@H]2CO/C=C/C2CCC(C(=O)O)CC2)cc1Cl)c1nccc2ccccc12. The Morgan fingerprint density at radius 3 is 2.67 bits per heavy atom. The number of anilines is 1. The number of aliphatic carboxylic acids is 1. The lowest BCUT2D eigenvalue weighted by Gasteiger charge is -2.25. The minimum absolute atomic E-state index is 0.00960. The van der Waals surface area contributed by atoms with E-state index in [-0.39, 0.29) is 60.5 Å². The van der Waals surface area contributed by atoms with Crippen LogP contribution >= 0.6 is 11.6 Å². The zero-order valence-electron chi connectivity index (χ0n) is 23.0. The van der Waals surface area contributed by atoms with Gasteiger partial charge in [-0.1, -0.05) is 41.9 Å². The van der Waals surface area contributed by atoms with E-state index in [0.717, 1.165) is 23.6 Å². The predicted molar refractivity (Wildman–Crippen MR) is 158 cm³/mol. The molecule has 0 radical (unpaired) electrons. The smallest absolute Gasteiger partial charge is 0.306 e. The van der Waals surface area contributed by atoms with E-state index in [0.29, 0.717) is 24.1 Å². The summed E-state index contributed by atoms with van der Waals surface area (Å²) in [6.07, 6.45) is 7.12. The lowest BCUT2D eigenvalue weighted by molar-refractivity contribution is -0.143. The van der Waals surface area contributed by atoms with Gasteiger partial charge in [0.15, 0.2) is 0 Å². The summed E-state index contributed by atoms with van der Waals surface area (Å²) in [6.45, 7) is 0.191. The first-order chi connectivity index (χ1) is 20.3. The molecule has 42 heavy (non-hydrogen) atoms. The van der Waals surface area contributed by atoms with Gasteiger partial charge in [-0.25, -0.2) is 4.39 Å². The predicted octanol–water partition coefficient (Wildman–Crippen LogP) is 6.04. The number of carbonyl (C=O) groups excluding carboxylic acids is 2. The maximum absolute atomic E-state index is 14.3. The van der Waals surface area contributed by atoms with Crippen molar-refractivity contribution < 1.29 is 28.6 Å². The average Bonchev–Trinajstić information content (AvgIpc) is 3.37. The maximum Gasteiger partial charge on any atom is 0.306 e. The Bertz CT molecular complexity index is 1480. The number of rotatable bonds is 9. The Kier molecular flexibility index (Phi) is 9.37. The number of amides is 2. The molecule has 2 heterocycles. The van der Waals surface area contributed by atoms with Crippen molar-refractivity contribution in [2.75, 3.05) is 18.5 Å². The molecular weight excluding hydrogens is 561 g/mol. The van der Waals surface area contributed by atoms with Crippen molar-refractivity contribution in [1.82, 2.24) is 9.88 Å². The zero-order valence-corrected chi connectivity index (χ0v) is 23.8. The largest absolute Gasteiger partial charge is 0.499 e. The first-order valence-corrected chi connectivity index (χ1v) is 14.5. The first kappa shape index (κ1) is 29.5. The number of carbonyl (C=O) groups is 3. The van der Waals surface area contributed by atoms with Gasteiger partial charge in [-0.15, -0.1) is 0 Å². The zero-order chi connectivity index (χ0) is 29.6. The van der Waals surface area contributed by atoms with Crippen molar-refractivity contribution in [1.29, 1.82) is 0 Å². The van der Waals surface area contributed by atoms with E-state index in [9.17, 15) is 18.8 Å². The molecule has 0 bridgehead atoms. The molecular formula is C32H33ClFN3O5. The number of alkyl halides is 1. The molecule has 2 atom stereocenters. The number of pyridine rings is 1. The number of likely N-dealkylation sites (tertiary alicyclic amines) is 1. The van der Waals surface area contributed by atoms with E-state index < -0.39 is 18.0 Å². The minimum Gasteiger partial charge on any atom is -0.499 e. The summed E-state index contributed by atoms with van der Waals surface area (Å²) in [5.41, 5.74) is 1.32. The van der Waals surface area contributed by atoms with Crippen LogP contribution in [-0.4, -0.2) is 58.1 Å². The fraction of sp³-hybridized carbons (Fsp3) is 0.375. The van der Waals surface area contributed by atoms with Crippen LogP contribution in [0.15, 0.2) is 67.1 Å². The molecule has 1 aromatic heterocycles. The number of aromatic nitrogens is 1. The standard InChI is InChI=1S/C32H33ClFN3O5/c33-27-15-21(7-10-28(27)36-31(39)30-26-4-2-1-3-22(26)11-13-35-30)16-29(38)37-18-24(34)17-25(37)19-42-14-12-20-5-8-23(9-6-20)32(40)41/h1-4,7,10-15,20,23-25H,5-6,8-9,16-19H2,(H,36,39)(H,40,41)/b14-12+/t20?,23?,24-,25-/m0/s1. The van der Waals surface area contributed by atoms with Crippen molar-refractivity contribution in [2.24, 2.45) is 11.8 Å². The lowest BCUT2D eigenvalue weighted by atomic mass is 9.82. The third kappa shape index (κ3) is 7.07. The Hall–Kier alpha value is -3.98. The number of ether oxygens (including phenoxy) is 1. The van der Waals surface area contributed by atoms with Gasteiger partial charge in [0.25, 0.3) is 5.91 Å². The molecule has 3 aromatic rings. The highest BCUT2D eigenvalue weighted by atomic mass is 35.5. The van der Waals surface area contributed by atoms with Crippen LogP contribution in [-0.2, 0) is 20.7 Å². The molecule has 2 aromatic carbocycles. The van der Waals surface area contributed by atoms with E-state index in [4.69, 9.17) is 21.4 Å². The number of fused-ring (bicyclic) bond motifs is 1. The van der Waals surface area contributed by atoms with Crippen molar-refractivity contribution in [3.05, 3.63) is 83.3 Å². The molecule has 8 nitrogen and oxygen atoms in total. The van der Waals surface area contributed by atoms with E-state index >= 15 is 0 Å². The molecule has 2 amide bonds. The van der Waals surface area contributed by atoms with E-state index in [1.807, 2.05) is 36.4 Å². The third-order valence-electron chi connectivity index (χ3n) is 8.07. The molecule has 10 heteroatoms. The van der Waals surface area contributed by atoms with Crippen molar-refractivity contribution in [3.63, 3.8) is 0 Å². The van der Waals surface area contributed by atoms with Crippen LogP contribution in [0.1, 0.15) is 48.2 Å². The van der Waals surface area contributed by atoms with Crippen LogP contribution in [0.3, 0.4) is 0 Å². The van der Waals surface area contributed by atoms with Crippen LogP contribution in [0.5, 0.6) is 0 Å². The number of benzene rings is 2. The maximum atomic E-state index is 14.3. The third-order valence-corrected chi connectivity index (χ3v) is 8.38. The summed E-state index contributed by atoms with van der Waals surface area (Å²) in [6, 6.07) is 13.9. The number of nitrogens with one attached hydrogen (secondary N) is 1. The van der Waals surface area contributed by atoms with Crippen LogP contribution in [0.2, 0.25) is 5.02 Å². The quantitative estimate of drug-likeness (QED) is 0.293. The molecule has 1 saturated carbocycles. The van der Waals surface area contributed by atoms with Gasteiger partial charge in [-0.05, 0) is 66.8 Å². The second-order valence-electron chi connectivity index (χ2n) is 11.0. The number of hydrogen-bond donors (Lipinski definition) is 2. The summed E-state index contributed by atoms with van der Waals surface area (Å²) < 4.78 is 20.0. The Balaban J connectivity index is 1.15. The number of carboxylic acid groups (broad SMARTS) is 1. The minimum atomic E-state index is -1.12. The Morgan fingerprint density at radius 2 is 1.90 bits per heavy atom. The molecule has 2 fully saturated rings. The molecule has 2 aliphatic rings. The van der Waals surface area contributed by atoms with Gasteiger partial charge in [0.05, 0.1) is 41.9 Å². The molecule has 220 valence electrons. The van der Waals surface area contributed by atoms with Gasteiger partial charge in [0.2, 0.25) is 5.91 Å². The molecule has 1 aliphatic carbocycles. The number of halogens is 2. The summed E-state index contributed by atoms with van der Waals surface area (Å²) >= 11 is 6.47. The Labute approximate surface area is 248 Å². The first-order valence-electron chi connectivity index (χ1n) is 14.2. The van der Waals surface area contributed by atoms with Gasteiger partial charge >= 0.3 is 5.97 Å². The number of nitrogens with zero attached hydrogens (tertiary/aromatic N) is 2. The topological polar surface area (TPSA) is 109 Å². The second kappa shape index (κ2) is 13.3. The molecule has 1 saturated heterocycles. The highest BCUT2D eigenvalue weighted by Crippen LogP contribution is 2.30. The fourth-order valence-electron chi connectivity index (χ4n) is 5.74. The van der Waals surface area contributed by atoms with Crippen LogP contribution in [0.4, 0.5) is 10.1 Å². The summed E-state index contributed by atoms with van der Waals surface area (Å²) in [5.74, 6) is -1.37. The van der Waals surface area contributed by atoms with Gasteiger partial charge in [0, 0.05) is 18.0 Å². The van der Waals surface area contributed by atoms with Crippen LogP contribution in [0.25, 0.3) is 10.8 Å². The Morgan fingerprint density at radius 1 is 1.12 bits per heavy atom. The second-order valence-corrected chi connectivity index (χ2v) is 11.4. The molecule has 5 rings (SSSR count). The average molecular weight is 594 g/mol. The monoisotopic (exact) mass is 593 g/mol. The number of hydrogen-bond acceptors (Lipinski definition) is 5. The fourth-order valence-corrected chi connectivity index (χ4v) is 5.99.